The van der Waals surface area contributed by atoms with Crippen LogP contribution >= 0.6 is 0 Å². The highest BCUT2D eigenvalue weighted by atomic mass is 16.4. The minimum absolute atomic E-state index is 0.0541. The van der Waals surface area contributed by atoms with Crippen LogP contribution in [0, 0.1) is 18.8 Å². The van der Waals surface area contributed by atoms with E-state index in [-0.39, 0.29) is 29.1 Å². The topological polar surface area (TPSA) is 77.8 Å². The summed E-state index contributed by atoms with van der Waals surface area (Å²) in [6.45, 7) is 2.32. The molecular formula is C16H19NO4. The quantitative estimate of drug-likeness (QED) is 0.873. The second-order valence-electron chi connectivity index (χ2n) is 6.12. The van der Waals surface area contributed by atoms with Gasteiger partial charge in [0.25, 0.3) is 5.91 Å². The molecule has 0 spiro atoms. The van der Waals surface area contributed by atoms with Crippen molar-refractivity contribution >= 4 is 11.9 Å². The Bertz CT molecular complexity index is 598. The Morgan fingerprint density at radius 2 is 2.05 bits per heavy atom. The molecule has 5 heteroatoms. The molecule has 1 saturated carbocycles. The number of carbonyl (C=O) groups excluding carboxylic acids is 1. The highest BCUT2D eigenvalue weighted by Gasteiger charge is 2.49. The van der Waals surface area contributed by atoms with Gasteiger partial charge in [-0.3, -0.25) is 4.79 Å². The summed E-state index contributed by atoms with van der Waals surface area (Å²) in [5.74, 6) is -1.07. The largest absolute Gasteiger partial charge is 0.507 e. The Labute approximate surface area is 123 Å². The number of likely N-dealkylation sites (tertiary alicyclic amines) is 1. The zero-order chi connectivity index (χ0) is 15.1. The molecule has 2 aliphatic rings. The maximum absolute atomic E-state index is 12.7. The average Bonchev–Trinajstić information content (AvgIpc) is 3.00. The first kappa shape index (κ1) is 13.9. The number of rotatable bonds is 2. The molecule has 0 aromatic heterocycles. The van der Waals surface area contributed by atoms with Crippen molar-refractivity contribution < 1.29 is 19.8 Å². The summed E-state index contributed by atoms with van der Waals surface area (Å²) in [5, 5.41) is 19.4. The molecule has 1 amide bonds. The lowest BCUT2D eigenvalue weighted by Crippen LogP contribution is -2.43. The van der Waals surface area contributed by atoms with E-state index >= 15 is 0 Å². The van der Waals surface area contributed by atoms with E-state index in [4.69, 9.17) is 0 Å². The molecule has 21 heavy (non-hydrogen) atoms. The monoisotopic (exact) mass is 289 g/mol. The van der Waals surface area contributed by atoms with Gasteiger partial charge in [0.1, 0.15) is 11.8 Å². The summed E-state index contributed by atoms with van der Waals surface area (Å²) in [4.78, 5) is 25.7. The molecule has 2 fully saturated rings. The average molecular weight is 289 g/mol. The third-order valence-corrected chi connectivity index (χ3v) is 4.79. The van der Waals surface area contributed by atoms with Gasteiger partial charge >= 0.3 is 5.97 Å². The highest BCUT2D eigenvalue weighted by Crippen LogP contribution is 2.43. The number of nitrogens with zero attached hydrogens (tertiary/aromatic N) is 1. The lowest BCUT2D eigenvalue weighted by molar-refractivity contribution is -0.142. The molecule has 2 N–H and O–H groups in total. The maximum atomic E-state index is 12.7. The van der Waals surface area contributed by atoms with Crippen LogP contribution in [-0.4, -0.2) is 39.6 Å². The Morgan fingerprint density at radius 1 is 1.29 bits per heavy atom. The van der Waals surface area contributed by atoms with Crippen molar-refractivity contribution in [1.29, 1.82) is 0 Å². The van der Waals surface area contributed by atoms with Gasteiger partial charge in [-0.2, -0.15) is 0 Å². The summed E-state index contributed by atoms with van der Waals surface area (Å²) in [6.07, 6.45) is 2.89. The van der Waals surface area contributed by atoms with Gasteiger partial charge in [-0.25, -0.2) is 4.79 Å². The fourth-order valence-corrected chi connectivity index (χ4v) is 3.81. The summed E-state index contributed by atoms with van der Waals surface area (Å²) in [6, 6.07) is 4.06. The molecule has 1 aliphatic heterocycles. The van der Waals surface area contributed by atoms with E-state index in [9.17, 15) is 19.8 Å². The molecule has 1 aromatic rings. The van der Waals surface area contributed by atoms with E-state index in [2.05, 4.69) is 0 Å². The molecule has 0 radical (unpaired) electrons. The van der Waals surface area contributed by atoms with Gasteiger partial charge in [0.05, 0.1) is 5.56 Å². The number of aliphatic carboxylic acids is 1. The number of phenolic OH excluding ortho intramolecular Hbond substituents is 1. The Hall–Kier alpha value is -2.04. The zero-order valence-electron chi connectivity index (χ0n) is 12.0. The van der Waals surface area contributed by atoms with Gasteiger partial charge < -0.3 is 15.1 Å². The lowest BCUT2D eigenvalue weighted by atomic mass is 9.94. The minimum Gasteiger partial charge on any atom is -0.507 e. The van der Waals surface area contributed by atoms with E-state index in [0.717, 1.165) is 24.8 Å². The van der Waals surface area contributed by atoms with Crippen molar-refractivity contribution in [3.05, 3.63) is 29.3 Å². The van der Waals surface area contributed by atoms with Crippen molar-refractivity contribution in [3.8, 4) is 5.75 Å². The molecule has 112 valence electrons. The molecule has 1 aromatic carbocycles. The standard InChI is InChI=1S/C16H19NO4/c1-9-5-6-13(18)12(7-9)15(19)17-8-10-3-2-4-11(10)14(17)16(20)21/h5-7,10-11,14,18H,2-4,8H2,1H3,(H,20,21). The summed E-state index contributed by atoms with van der Waals surface area (Å²) < 4.78 is 0. The predicted octanol–water partition coefficient (Wildman–Crippen LogP) is 2.03. The maximum Gasteiger partial charge on any atom is 0.326 e. The fraction of sp³-hybridized carbons (Fsp3) is 0.500. The molecule has 3 rings (SSSR count). The van der Waals surface area contributed by atoms with Gasteiger partial charge in [-0.1, -0.05) is 18.1 Å². The van der Waals surface area contributed by atoms with Crippen molar-refractivity contribution in [2.75, 3.05) is 6.54 Å². The normalized spacial score (nSPS) is 27.7. The number of hydrogen-bond acceptors (Lipinski definition) is 3. The van der Waals surface area contributed by atoms with Crippen molar-refractivity contribution in [2.24, 2.45) is 11.8 Å². The molecule has 0 bridgehead atoms. The van der Waals surface area contributed by atoms with Crippen LogP contribution in [-0.2, 0) is 4.79 Å². The number of fused-ring (bicyclic) bond motifs is 1. The molecule has 5 nitrogen and oxygen atoms in total. The van der Waals surface area contributed by atoms with Gasteiger partial charge in [-0.15, -0.1) is 0 Å². The molecule has 3 atom stereocenters. The Balaban J connectivity index is 1.93. The van der Waals surface area contributed by atoms with Gasteiger partial charge in [0.2, 0.25) is 0 Å². The number of amides is 1. The van der Waals surface area contributed by atoms with Crippen LogP contribution in [0.1, 0.15) is 35.2 Å². The number of aromatic hydroxyl groups is 1. The van der Waals surface area contributed by atoms with Crippen LogP contribution in [0.15, 0.2) is 18.2 Å². The summed E-state index contributed by atoms with van der Waals surface area (Å²) in [5.41, 5.74) is 1.06. The number of aryl methyl sites for hydroxylation is 1. The van der Waals surface area contributed by atoms with E-state index < -0.39 is 12.0 Å². The number of carboxylic acids is 1. The first-order valence-corrected chi connectivity index (χ1v) is 7.32. The number of phenols is 1. The van der Waals surface area contributed by atoms with E-state index in [0.29, 0.717) is 6.54 Å². The van der Waals surface area contributed by atoms with Crippen LogP contribution in [0.5, 0.6) is 5.75 Å². The number of carboxylic acid groups (broad SMARTS) is 1. The number of carbonyl (C=O) groups is 2. The molecule has 1 aliphatic carbocycles. The van der Waals surface area contributed by atoms with Crippen LogP contribution in [0.25, 0.3) is 0 Å². The van der Waals surface area contributed by atoms with E-state index in [1.54, 1.807) is 12.1 Å². The Kier molecular flexibility index (Phi) is 3.35. The first-order chi connectivity index (χ1) is 9.99. The van der Waals surface area contributed by atoms with Crippen LogP contribution < -0.4 is 0 Å². The van der Waals surface area contributed by atoms with Gasteiger partial charge in [-0.05, 0) is 43.7 Å². The highest BCUT2D eigenvalue weighted by molar-refractivity contribution is 5.99. The second-order valence-corrected chi connectivity index (χ2v) is 6.12. The van der Waals surface area contributed by atoms with Crippen LogP contribution in [0.3, 0.4) is 0 Å². The minimum atomic E-state index is -0.940. The smallest absolute Gasteiger partial charge is 0.326 e. The van der Waals surface area contributed by atoms with E-state index in [1.807, 2.05) is 6.92 Å². The van der Waals surface area contributed by atoms with Gasteiger partial charge in [0.15, 0.2) is 0 Å². The number of hydrogen-bond donors (Lipinski definition) is 2. The SMILES string of the molecule is Cc1ccc(O)c(C(=O)N2CC3CCCC3C2C(=O)O)c1. The second kappa shape index (κ2) is 5.06. The first-order valence-electron chi connectivity index (χ1n) is 7.32. The third-order valence-electron chi connectivity index (χ3n) is 4.79. The molecule has 1 saturated heterocycles. The Morgan fingerprint density at radius 3 is 2.76 bits per heavy atom. The zero-order valence-corrected chi connectivity index (χ0v) is 12.0. The predicted molar refractivity (Wildman–Crippen MR) is 76.1 cm³/mol. The molecular weight excluding hydrogens is 270 g/mol. The van der Waals surface area contributed by atoms with Crippen molar-refractivity contribution in [3.63, 3.8) is 0 Å². The number of benzene rings is 1. The molecule has 1 heterocycles. The fourth-order valence-electron chi connectivity index (χ4n) is 3.81. The lowest BCUT2D eigenvalue weighted by Gasteiger charge is -2.24. The van der Waals surface area contributed by atoms with Crippen LogP contribution in [0.4, 0.5) is 0 Å². The van der Waals surface area contributed by atoms with E-state index in [1.165, 1.54) is 11.0 Å². The van der Waals surface area contributed by atoms with Crippen molar-refractivity contribution in [2.45, 2.75) is 32.2 Å². The molecule has 3 unspecified atom stereocenters. The van der Waals surface area contributed by atoms with Crippen molar-refractivity contribution in [1.82, 2.24) is 4.90 Å². The van der Waals surface area contributed by atoms with Gasteiger partial charge in [0, 0.05) is 6.54 Å². The van der Waals surface area contributed by atoms with Crippen LogP contribution in [0.2, 0.25) is 0 Å². The summed E-state index contributed by atoms with van der Waals surface area (Å²) >= 11 is 0. The summed E-state index contributed by atoms with van der Waals surface area (Å²) in [7, 11) is 0. The third kappa shape index (κ3) is 2.26.